The van der Waals surface area contributed by atoms with Crippen LogP contribution in [0.5, 0.6) is 23.0 Å². The minimum absolute atomic E-state index is 0.235. The molecular formula is C29H30ClIN4O7. The quantitative estimate of drug-likeness (QED) is 0.112. The fourth-order valence-corrected chi connectivity index (χ4v) is 4.63. The molecule has 0 heterocycles. The van der Waals surface area contributed by atoms with Crippen LogP contribution in [0.2, 0.25) is 5.02 Å². The second-order valence-electron chi connectivity index (χ2n) is 8.68. The van der Waals surface area contributed by atoms with Crippen molar-refractivity contribution in [3.8, 4) is 23.0 Å². The highest BCUT2D eigenvalue weighted by Gasteiger charge is 2.15. The van der Waals surface area contributed by atoms with Gasteiger partial charge in [-0.15, -0.1) is 0 Å². The Labute approximate surface area is 262 Å². The molecule has 13 heteroatoms. The summed E-state index contributed by atoms with van der Waals surface area (Å²) in [5.74, 6) is -0.206. The second kappa shape index (κ2) is 15.8. The number of amides is 3. The number of halogens is 2. The molecule has 222 valence electrons. The topological polar surface area (TPSA) is 137 Å². The lowest BCUT2D eigenvalue weighted by Crippen LogP contribution is -2.38. The predicted molar refractivity (Wildman–Crippen MR) is 168 cm³/mol. The van der Waals surface area contributed by atoms with Crippen molar-refractivity contribution in [3.63, 3.8) is 0 Å². The Hall–Kier alpha value is -4.04. The predicted octanol–water partition coefficient (Wildman–Crippen LogP) is 4.11. The summed E-state index contributed by atoms with van der Waals surface area (Å²) < 4.78 is 22.3. The summed E-state index contributed by atoms with van der Waals surface area (Å²) in [6.45, 7) is 1.78. The van der Waals surface area contributed by atoms with Crippen LogP contribution < -0.4 is 35.0 Å². The van der Waals surface area contributed by atoms with Gasteiger partial charge in [0.15, 0.2) is 29.6 Å². The van der Waals surface area contributed by atoms with Crippen LogP contribution in [0.3, 0.4) is 0 Å². The van der Waals surface area contributed by atoms with Crippen LogP contribution in [0.4, 0.5) is 5.69 Å². The normalized spacial score (nSPS) is 10.6. The van der Waals surface area contributed by atoms with E-state index in [1.165, 1.54) is 13.3 Å². The third-order valence-corrected chi connectivity index (χ3v) is 7.09. The Morgan fingerprint density at radius 1 is 0.952 bits per heavy atom. The second-order valence-corrected chi connectivity index (χ2v) is 10.2. The number of hydrazone groups is 1. The van der Waals surface area contributed by atoms with Gasteiger partial charge in [0.25, 0.3) is 5.91 Å². The molecule has 0 aromatic heterocycles. The van der Waals surface area contributed by atoms with Gasteiger partial charge in [0, 0.05) is 17.3 Å². The monoisotopic (exact) mass is 708 g/mol. The van der Waals surface area contributed by atoms with Gasteiger partial charge in [-0.2, -0.15) is 5.10 Å². The van der Waals surface area contributed by atoms with Crippen molar-refractivity contribution in [2.75, 3.05) is 39.8 Å². The maximum Gasteiger partial charge on any atom is 0.329 e. The van der Waals surface area contributed by atoms with Gasteiger partial charge in [0.2, 0.25) is 0 Å². The molecule has 0 aliphatic rings. The third kappa shape index (κ3) is 8.98. The summed E-state index contributed by atoms with van der Waals surface area (Å²) in [5.41, 5.74) is 5.02. The maximum atomic E-state index is 12.4. The molecule has 0 saturated carbocycles. The standard InChI is InChI=1S/C29H30ClIN4O7/c1-17-20(30)6-5-7-22(17)34-26(36)16-42-27-21(31)12-19(14-25(27)41-4)15-33-35-29(38)28(37)32-11-10-18-8-9-23(39-2)24(13-18)40-3/h5-9,12-15H,10-11,16H2,1-4H3,(H,32,37)(H,34,36)(H,35,38)/b33-15-. The molecule has 0 saturated heterocycles. The summed E-state index contributed by atoms with van der Waals surface area (Å²) in [4.78, 5) is 36.8. The van der Waals surface area contributed by atoms with Gasteiger partial charge in [-0.1, -0.05) is 23.7 Å². The zero-order valence-corrected chi connectivity index (χ0v) is 26.3. The van der Waals surface area contributed by atoms with Crippen molar-refractivity contribution >= 4 is 63.8 Å². The molecule has 0 bridgehead atoms. The molecule has 0 radical (unpaired) electrons. The molecule has 0 spiro atoms. The minimum atomic E-state index is -0.916. The van der Waals surface area contributed by atoms with E-state index in [1.54, 1.807) is 56.7 Å². The van der Waals surface area contributed by atoms with Gasteiger partial charge in [-0.25, -0.2) is 5.43 Å². The smallest absolute Gasteiger partial charge is 0.329 e. The molecular weight excluding hydrogens is 679 g/mol. The number of nitrogens with one attached hydrogen (secondary N) is 3. The van der Waals surface area contributed by atoms with Gasteiger partial charge >= 0.3 is 11.8 Å². The molecule has 3 aromatic carbocycles. The first kappa shape index (κ1) is 32.5. The largest absolute Gasteiger partial charge is 0.493 e. The van der Waals surface area contributed by atoms with E-state index in [4.69, 9.17) is 30.5 Å². The van der Waals surface area contributed by atoms with E-state index in [9.17, 15) is 14.4 Å². The van der Waals surface area contributed by atoms with Crippen molar-refractivity contribution in [1.29, 1.82) is 0 Å². The van der Waals surface area contributed by atoms with Gasteiger partial charge in [-0.05, 0) is 89.0 Å². The first-order chi connectivity index (χ1) is 20.2. The van der Waals surface area contributed by atoms with E-state index in [0.717, 1.165) is 11.1 Å². The zero-order chi connectivity index (χ0) is 30.6. The Morgan fingerprint density at radius 3 is 2.40 bits per heavy atom. The molecule has 0 unspecified atom stereocenters. The van der Waals surface area contributed by atoms with Crippen molar-refractivity contribution in [1.82, 2.24) is 10.7 Å². The van der Waals surface area contributed by atoms with Gasteiger partial charge in [0.1, 0.15) is 0 Å². The van der Waals surface area contributed by atoms with Crippen LogP contribution in [0.15, 0.2) is 53.6 Å². The molecule has 11 nitrogen and oxygen atoms in total. The number of carbonyl (C=O) groups excluding carboxylic acids is 3. The summed E-state index contributed by atoms with van der Waals surface area (Å²) in [5, 5.41) is 9.73. The van der Waals surface area contributed by atoms with Crippen LogP contribution in [-0.2, 0) is 20.8 Å². The van der Waals surface area contributed by atoms with Crippen LogP contribution in [0.1, 0.15) is 16.7 Å². The highest BCUT2D eigenvalue weighted by molar-refractivity contribution is 14.1. The fourth-order valence-electron chi connectivity index (χ4n) is 3.67. The molecule has 3 aromatic rings. The summed E-state index contributed by atoms with van der Waals surface area (Å²) in [7, 11) is 4.55. The number of hydrogen-bond donors (Lipinski definition) is 3. The van der Waals surface area contributed by atoms with Crippen LogP contribution in [0.25, 0.3) is 0 Å². The van der Waals surface area contributed by atoms with Crippen LogP contribution in [0, 0.1) is 10.5 Å². The highest BCUT2D eigenvalue weighted by Crippen LogP contribution is 2.34. The molecule has 3 N–H and O–H groups in total. The van der Waals surface area contributed by atoms with E-state index < -0.39 is 11.8 Å². The minimum Gasteiger partial charge on any atom is -0.493 e. The maximum absolute atomic E-state index is 12.4. The van der Waals surface area contributed by atoms with Crippen molar-refractivity contribution < 1.29 is 33.3 Å². The lowest BCUT2D eigenvalue weighted by atomic mass is 10.1. The molecule has 0 atom stereocenters. The Kier molecular flexibility index (Phi) is 12.2. The third-order valence-electron chi connectivity index (χ3n) is 5.87. The Morgan fingerprint density at radius 2 is 1.69 bits per heavy atom. The number of methoxy groups -OCH3 is 3. The number of rotatable bonds is 12. The number of anilines is 1. The average molecular weight is 709 g/mol. The van der Waals surface area contributed by atoms with E-state index in [1.807, 2.05) is 35.6 Å². The molecule has 3 rings (SSSR count). The molecule has 42 heavy (non-hydrogen) atoms. The Balaban J connectivity index is 1.51. The number of hydrogen-bond acceptors (Lipinski definition) is 8. The Bertz CT molecular complexity index is 1480. The number of benzene rings is 3. The number of carbonyl (C=O) groups is 3. The lowest BCUT2D eigenvalue weighted by Gasteiger charge is -2.14. The first-order valence-electron chi connectivity index (χ1n) is 12.5. The number of ether oxygens (including phenoxy) is 4. The summed E-state index contributed by atoms with van der Waals surface area (Å²) in [6.07, 6.45) is 1.84. The molecule has 0 fully saturated rings. The molecule has 0 aliphatic carbocycles. The van der Waals surface area contributed by atoms with Crippen LogP contribution >= 0.6 is 34.2 Å². The highest BCUT2D eigenvalue weighted by atomic mass is 127. The van der Waals surface area contributed by atoms with E-state index in [0.29, 0.717) is 49.3 Å². The summed E-state index contributed by atoms with van der Waals surface area (Å²) >= 11 is 8.15. The van der Waals surface area contributed by atoms with Gasteiger partial charge < -0.3 is 29.6 Å². The first-order valence-corrected chi connectivity index (χ1v) is 14.0. The number of nitrogens with zero attached hydrogens (tertiary/aromatic N) is 1. The zero-order valence-electron chi connectivity index (χ0n) is 23.4. The average Bonchev–Trinajstić information content (AvgIpc) is 2.98. The van der Waals surface area contributed by atoms with E-state index in [-0.39, 0.29) is 19.1 Å². The summed E-state index contributed by atoms with van der Waals surface area (Å²) in [6, 6.07) is 14.0. The van der Waals surface area contributed by atoms with Crippen LogP contribution in [-0.4, -0.2) is 58.4 Å². The fraction of sp³-hybridized carbons (Fsp3) is 0.241. The molecule has 0 aliphatic heterocycles. The van der Waals surface area contributed by atoms with Gasteiger partial charge in [-0.3, -0.25) is 14.4 Å². The lowest BCUT2D eigenvalue weighted by molar-refractivity contribution is -0.139. The van der Waals surface area contributed by atoms with E-state index in [2.05, 4.69) is 21.2 Å². The van der Waals surface area contributed by atoms with E-state index >= 15 is 0 Å². The molecule has 3 amide bonds. The van der Waals surface area contributed by atoms with Crippen molar-refractivity contribution in [2.45, 2.75) is 13.3 Å². The van der Waals surface area contributed by atoms with Gasteiger partial charge in [0.05, 0.1) is 31.1 Å². The SMILES string of the molecule is COc1ccc(CCNC(=O)C(=O)N/N=C\c2cc(I)c(OCC(=O)Nc3cccc(Cl)c3C)c(OC)c2)cc1OC. The van der Waals surface area contributed by atoms with Crippen molar-refractivity contribution in [2.24, 2.45) is 5.10 Å². The van der Waals surface area contributed by atoms with Crippen molar-refractivity contribution in [3.05, 3.63) is 73.8 Å².